The van der Waals surface area contributed by atoms with Crippen LogP contribution in [0.4, 0.5) is 0 Å². The number of carbonyl (C=O) groups excluding carboxylic acids is 1. The number of fused-ring (bicyclic) bond motifs is 1. The first kappa shape index (κ1) is 14.2. The minimum atomic E-state index is 0.0719. The molecule has 1 amide bonds. The summed E-state index contributed by atoms with van der Waals surface area (Å²) < 4.78 is 0. The highest BCUT2D eigenvalue weighted by Gasteiger charge is 2.41. The molecule has 0 radical (unpaired) electrons. The lowest BCUT2D eigenvalue weighted by atomic mass is 9.90. The van der Waals surface area contributed by atoms with E-state index in [-0.39, 0.29) is 18.0 Å². The highest BCUT2D eigenvalue weighted by molar-refractivity contribution is 6.14. The van der Waals surface area contributed by atoms with Crippen LogP contribution in [0.3, 0.4) is 0 Å². The molecule has 116 valence electrons. The predicted molar refractivity (Wildman–Crippen MR) is 91.6 cm³/mol. The lowest BCUT2D eigenvalue weighted by Gasteiger charge is -2.31. The van der Waals surface area contributed by atoms with Crippen molar-refractivity contribution in [2.75, 3.05) is 0 Å². The van der Waals surface area contributed by atoms with Crippen molar-refractivity contribution < 1.29 is 4.79 Å². The largest absolute Gasteiger partial charge is 0.287 e. The second kappa shape index (κ2) is 5.99. The number of amides is 1. The fourth-order valence-electron chi connectivity index (χ4n) is 3.69. The molecule has 1 saturated carbocycles. The van der Waals surface area contributed by atoms with E-state index in [4.69, 9.17) is 4.99 Å². The number of benzene rings is 2. The van der Waals surface area contributed by atoms with Crippen molar-refractivity contribution in [2.24, 2.45) is 4.99 Å². The van der Waals surface area contributed by atoms with Gasteiger partial charge in [0.05, 0.1) is 12.1 Å². The summed E-state index contributed by atoms with van der Waals surface area (Å²) in [6.07, 6.45) is 4.51. The molecule has 0 aromatic heterocycles. The number of aliphatic imine (C=N–C) groups is 1. The Bertz CT molecular complexity index is 724. The van der Waals surface area contributed by atoms with E-state index in [0.29, 0.717) is 0 Å². The van der Waals surface area contributed by atoms with Gasteiger partial charge in [0.25, 0.3) is 5.91 Å². The minimum Gasteiger partial charge on any atom is -0.287 e. The van der Waals surface area contributed by atoms with E-state index in [0.717, 1.165) is 29.8 Å². The van der Waals surface area contributed by atoms with Gasteiger partial charge in [-0.15, -0.1) is 0 Å². The van der Waals surface area contributed by atoms with Gasteiger partial charge in [-0.1, -0.05) is 61.4 Å². The third-order valence-electron chi connectivity index (χ3n) is 4.81. The third-order valence-corrected chi connectivity index (χ3v) is 4.81. The maximum atomic E-state index is 13.1. The van der Waals surface area contributed by atoms with Crippen molar-refractivity contribution in [3.8, 4) is 0 Å². The maximum Gasteiger partial charge on any atom is 0.259 e. The lowest BCUT2D eigenvalue weighted by molar-refractivity contribution is 0.0786. The Morgan fingerprint density at radius 3 is 2.30 bits per heavy atom. The van der Waals surface area contributed by atoms with E-state index in [1.54, 1.807) is 0 Å². The van der Waals surface area contributed by atoms with Crippen LogP contribution in [0.25, 0.3) is 0 Å². The first-order chi connectivity index (χ1) is 11.3. The van der Waals surface area contributed by atoms with E-state index < -0.39 is 0 Å². The quantitative estimate of drug-likeness (QED) is 0.828. The molecular formula is C20H20N2O. The van der Waals surface area contributed by atoms with Gasteiger partial charge >= 0.3 is 0 Å². The molecule has 1 heterocycles. The average Bonchev–Trinajstić information content (AvgIpc) is 3.02. The monoisotopic (exact) mass is 304 g/mol. The highest BCUT2D eigenvalue weighted by Crippen LogP contribution is 2.33. The van der Waals surface area contributed by atoms with Crippen LogP contribution in [0.15, 0.2) is 65.7 Å². The van der Waals surface area contributed by atoms with Crippen molar-refractivity contribution >= 4 is 11.7 Å². The first-order valence-electron chi connectivity index (χ1n) is 8.36. The van der Waals surface area contributed by atoms with Crippen LogP contribution in [0.2, 0.25) is 0 Å². The normalized spacial score (nSPS) is 23.3. The molecule has 1 aliphatic carbocycles. The van der Waals surface area contributed by atoms with Gasteiger partial charge in [0.2, 0.25) is 0 Å². The van der Waals surface area contributed by atoms with Crippen LogP contribution < -0.4 is 0 Å². The summed E-state index contributed by atoms with van der Waals surface area (Å²) in [5, 5.41) is 0. The third kappa shape index (κ3) is 2.56. The zero-order valence-electron chi connectivity index (χ0n) is 13.1. The number of nitrogens with zero attached hydrogens (tertiary/aromatic N) is 2. The summed E-state index contributed by atoms with van der Waals surface area (Å²) >= 11 is 0. The molecular weight excluding hydrogens is 284 g/mol. The van der Waals surface area contributed by atoms with Gasteiger partial charge < -0.3 is 0 Å². The van der Waals surface area contributed by atoms with Gasteiger partial charge in [-0.3, -0.25) is 14.7 Å². The lowest BCUT2D eigenvalue weighted by Crippen LogP contribution is -2.45. The van der Waals surface area contributed by atoms with E-state index in [1.165, 1.54) is 12.8 Å². The standard InChI is InChI=1S/C20H20N2O/c23-20(16-11-5-2-6-12-16)22-18-14-8-7-13-17(18)21-19(22)15-9-3-1-4-10-15/h1-6,9-12,17-18H,7-8,13-14H2/t17-,18+/m1/s1. The summed E-state index contributed by atoms with van der Waals surface area (Å²) in [5.41, 5.74) is 1.77. The molecule has 0 bridgehead atoms. The zero-order valence-corrected chi connectivity index (χ0v) is 13.1. The van der Waals surface area contributed by atoms with Crippen LogP contribution in [0.5, 0.6) is 0 Å². The molecule has 4 rings (SSSR count). The number of hydrogen-bond donors (Lipinski definition) is 0. The van der Waals surface area contributed by atoms with E-state index in [2.05, 4.69) is 0 Å². The second-order valence-electron chi connectivity index (χ2n) is 6.28. The molecule has 0 saturated heterocycles. The van der Waals surface area contributed by atoms with Crippen molar-refractivity contribution in [1.82, 2.24) is 4.90 Å². The fraction of sp³-hybridized carbons (Fsp3) is 0.300. The number of rotatable bonds is 2. The zero-order chi connectivity index (χ0) is 15.6. The first-order valence-corrected chi connectivity index (χ1v) is 8.36. The molecule has 2 aromatic rings. The summed E-state index contributed by atoms with van der Waals surface area (Å²) in [6.45, 7) is 0. The molecule has 0 unspecified atom stereocenters. The number of amidine groups is 1. The van der Waals surface area contributed by atoms with Crippen molar-refractivity contribution in [1.29, 1.82) is 0 Å². The van der Waals surface area contributed by atoms with E-state index >= 15 is 0 Å². The van der Waals surface area contributed by atoms with Crippen LogP contribution in [-0.4, -0.2) is 28.7 Å². The molecule has 2 aliphatic rings. The number of hydrogen-bond acceptors (Lipinski definition) is 2. The molecule has 2 atom stereocenters. The van der Waals surface area contributed by atoms with Gasteiger partial charge in [0, 0.05) is 11.1 Å². The second-order valence-corrected chi connectivity index (χ2v) is 6.28. The molecule has 3 nitrogen and oxygen atoms in total. The molecule has 1 aliphatic heterocycles. The van der Waals surface area contributed by atoms with Crippen molar-refractivity contribution in [3.63, 3.8) is 0 Å². The SMILES string of the molecule is O=C(c1ccccc1)N1C(c2ccccc2)=N[C@@H]2CCCC[C@@H]21. The van der Waals surface area contributed by atoms with Crippen LogP contribution in [0, 0.1) is 0 Å². The van der Waals surface area contributed by atoms with Crippen molar-refractivity contribution in [3.05, 3.63) is 71.8 Å². The summed E-state index contributed by atoms with van der Waals surface area (Å²) in [7, 11) is 0. The molecule has 3 heteroatoms. The fourth-order valence-corrected chi connectivity index (χ4v) is 3.69. The van der Waals surface area contributed by atoms with Gasteiger partial charge in [0.1, 0.15) is 5.84 Å². The molecule has 2 aromatic carbocycles. The Balaban J connectivity index is 1.74. The van der Waals surface area contributed by atoms with Gasteiger partial charge in [0.15, 0.2) is 0 Å². The predicted octanol–water partition coefficient (Wildman–Crippen LogP) is 3.90. The molecule has 0 spiro atoms. The Morgan fingerprint density at radius 1 is 0.913 bits per heavy atom. The smallest absolute Gasteiger partial charge is 0.259 e. The Kier molecular flexibility index (Phi) is 3.70. The van der Waals surface area contributed by atoms with E-state index in [1.807, 2.05) is 65.6 Å². The minimum absolute atomic E-state index is 0.0719. The van der Waals surface area contributed by atoms with Crippen LogP contribution >= 0.6 is 0 Å². The van der Waals surface area contributed by atoms with Gasteiger partial charge in [-0.2, -0.15) is 0 Å². The van der Waals surface area contributed by atoms with Gasteiger partial charge in [-0.25, -0.2) is 0 Å². The Morgan fingerprint density at radius 2 is 1.57 bits per heavy atom. The van der Waals surface area contributed by atoms with Crippen molar-refractivity contribution in [2.45, 2.75) is 37.8 Å². The average molecular weight is 304 g/mol. The summed E-state index contributed by atoms with van der Waals surface area (Å²) in [6, 6.07) is 20.1. The van der Waals surface area contributed by atoms with Crippen LogP contribution in [0.1, 0.15) is 41.6 Å². The Hall–Kier alpha value is -2.42. The highest BCUT2D eigenvalue weighted by atomic mass is 16.2. The molecule has 23 heavy (non-hydrogen) atoms. The topological polar surface area (TPSA) is 32.7 Å². The van der Waals surface area contributed by atoms with E-state index in [9.17, 15) is 4.79 Å². The number of carbonyl (C=O) groups is 1. The van der Waals surface area contributed by atoms with Gasteiger partial charge in [-0.05, 0) is 25.0 Å². The molecule has 0 N–H and O–H groups in total. The Labute approximate surface area is 136 Å². The maximum absolute atomic E-state index is 13.1. The van der Waals surface area contributed by atoms with Crippen LogP contribution in [-0.2, 0) is 0 Å². The summed E-state index contributed by atoms with van der Waals surface area (Å²) in [4.78, 5) is 20.0. The molecule has 1 fully saturated rings. The summed E-state index contributed by atoms with van der Waals surface area (Å²) in [5.74, 6) is 0.916.